The van der Waals surface area contributed by atoms with Gasteiger partial charge in [0.05, 0.1) is 30.7 Å². The van der Waals surface area contributed by atoms with Gasteiger partial charge in [-0.3, -0.25) is 0 Å². The van der Waals surface area contributed by atoms with E-state index in [1.54, 1.807) is 18.4 Å². The van der Waals surface area contributed by atoms with Crippen LogP contribution in [0.15, 0.2) is 17.5 Å². The number of nitrogens with zero attached hydrogens (tertiary/aromatic N) is 3. The summed E-state index contributed by atoms with van der Waals surface area (Å²) >= 11 is 3.12. The van der Waals surface area contributed by atoms with E-state index in [2.05, 4.69) is 15.3 Å². The largest absolute Gasteiger partial charge is 0.494 e. The van der Waals surface area contributed by atoms with Crippen molar-refractivity contribution in [2.24, 2.45) is 0 Å². The van der Waals surface area contributed by atoms with Crippen molar-refractivity contribution in [3.8, 4) is 17.0 Å². The van der Waals surface area contributed by atoms with Crippen LogP contribution in [0, 0.1) is 0 Å². The monoisotopic (exact) mass is 348 g/mol. The smallest absolute Gasteiger partial charge is 0.186 e. The third-order valence-corrected chi connectivity index (χ3v) is 5.61. The number of nitrogens with two attached hydrogens (primary N) is 1. The summed E-state index contributed by atoms with van der Waals surface area (Å²) in [5, 5.41) is 3.65. The van der Waals surface area contributed by atoms with Gasteiger partial charge in [0, 0.05) is 24.0 Å². The van der Waals surface area contributed by atoms with Gasteiger partial charge in [0.25, 0.3) is 0 Å². The Hall–Kier alpha value is -1.90. The lowest BCUT2D eigenvalue weighted by atomic mass is 10.1. The van der Waals surface area contributed by atoms with Crippen LogP contribution in [0.4, 0.5) is 10.3 Å². The summed E-state index contributed by atoms with van der Waals surface area (Å²) in [6, 6.07) is 3.95. The molecule has 4 rings (SSSR count). The van der Waals surface area contributed by atoms with Gasteiger partial charge in [0.2, 0.25) is 0 Å². The lowest BCUT2D eigenvalue weighted by molar-refractivity contribution is 0.122. The van der Waals surface area contributed by atoms with E-state index >= 15 is 0 Å². The zero-order chi connectivity index (χ0) is 15.8. The lowest BCUT2D eigenvalue weighted by Gasteiger charge is -2.26. The van der Waals surface area contributed by atoms with Crippen LogP contribution in [0.25, 0.3) is 21.5 Å². The molecule has 1 saturated heterocycles. The van der Waals surface area contributed by atoms with E-state index in [4.69, 9.17) is 20.2 Å². The van der Waals surface area contributed by atoms with Crippen molar-refractivity contribution in [2.75, 3.05) is 44.0 Å². The Labute approximate surface area is 141 Å². The summed E-state index contributed by atoms with van der Waals surface area (Å²) in [5.74, 6) is 0.736. The molecule has 2 N–H and O–H groups in total. The van der Waals surface area contributed by atoms with Gasteiger partial charge in [-0.2, -0.15) is 0 Å². The van der Waals surface area contributed by atoms with Gasteiger partial charge in [-0.15, -0.1) is 11.3 Å². The van der Waals surface area contributed by atoms with E-state index < -0.39 is 0 Å². The summed E-state index contributed by atoms with van der Waals surface area (Å²) in [6.07, 6.45) is 0. The highest BCUT2D eigenvalue weighted by atomic mass is 32.1. The van der Waals surface area contributed by atoms with Gasteiger partial charge < -0.3 is 20.1 Å². The minimum absolute atomic E-state index is 0.536. The van der Waals surface area contributed by atoms with Crippen LogP contribution in [0.5, 0.6) is 5.75 Å². The van der Waals surface area contributed by atoms with Gasteiger partial charge in [-0.05, 0) is 12.1 Å². The number of anilines is 2. The van der Waals surface area contributed by atoms with Gasteiger partial charge in [0.1, 0.15) is 11.3 Å². The number of hydrogen-bond acceptors (Lipinski definition) is 8. The maximum absolute atomic E-state index is 5.90. The normalized spacial score (nSPS) is 15.3. The Bertz CT molecular complexity index is 839. The number of thiazole rings is 2. The molecule has 0 aliphatic carbocycles. The number of ether oxygens (including phenoxy) is 2. The van der Waals surface area contributed by atoms with Crippen LogP contribution in [-0.2, 0) is 4.74 Å². The number of aromatic nitrogens is 2. The van der Waals surface area contributed by atoms with Crippen LogP contribution in [0.3, 0.4) is 0 Å². The van der Waals surface area contributed by atoms with Crippen LogP contribution < -0.4 is 15.4 Å². The third kappa shape index (κ3) is 2.62. The van der Waals surface area contributed by atoms with E-state index in [0.717, 1.165) is 58.7 Å². The molecule has 23 heavy (non-hydrogen) atoms. The van der Waals surface area contributed by atoms with Crippen molar-refractivity contribution in [2.45, 2.75) is 0 Å². The molecule has 0 bridgehead atoms. The number of methoxy groups -OCH3 is 1. The SMILES string of the molecule is COc1ccc(-c2csc(N3CCOCC3)n2)c2sc(N)nc12. The molecule has 0 radical (unpaired) electrons. The zero-order valence-corrected chi connectivity index (χ0v) is 14.2. The molecule has 0 amide bonds. The average molecular weight is 348 g/mol. The average Bonchev–Trinajstić information content (AvgIpc) is 3.21. The predicted octanol–water partition coefficient (Wildman–Crippen LogP) is 2.85. The summed E-state index contributed by atoms with van der Waals surface area (Å²) in [4.78, 5) is 11.5. The van der Waals surface area contributed by atoms with E-state index in [0.29, 0.717) is 5.13 Å². The molecule has 8 heteroatoms. The molecule has 0 unspecified atom stereocenters. The molecule has 0 atom stereocenters. The highest BCUT2D eigenvalue weighted by Gasteiger charge is 2.18. The second-order valence-electron chi connectivity index (χ2n) is 5.16. The Morgan fingerprint density at radius 2 is 2.09 bits per heavy atom. The third-order valence-electron chi connectivity index (χ3n) is 3.79. The van der Waals surface area contributed by atoms with Crippen LogP contribution in [0.2, 0.25) is 0 Å². The fourth-order valence-electron chi connectivity index (χ4n) is 2.65. The van der Waals surface area contributed by atoms with Crippen LogP contribution >= 0.6 is 22.7 Å². The molecule has 1 aromatic carbocycles. The number of nitrogen functional groups attached to an aromatic ring is 1. The molecular formula is C15H16N4O2S2. The molecule has 3 heterocycles. The molecule has 0 saturated carbocycles. The maximum atomic E-state index is 5.90. The van der Waals surface area contributed by atoms with Crippen LogP contribution in [0.1, 0.15) is 0 Å². The lowest BCUT2D eigenvalue weighted by Crippen LogP contribution is -2.36. The van der Waals surface area contributed by atoms with E-state index in [1.165, 1.54) is 11.3 Å². The molecular weight excluding hydrogens is 332 g/mol. The van der Waals surface area contributed by atoms with Gasteiger partial charge >= 0.3 is 0 Å². The molecule has 1 aliphatic heterocycles. The Morgan fingerprint density at radius 3 is 2.87 bits per heavy atom. The van der Waals surface area contributed by atoms with Crippen molar-refractivity contribution in [3.63, 3.8) is 0 Å². The highest BCUT2D eigenvalue weighted by molar-refractivity contribution is 7.22. The van der Waals surface area contributed by atoms with E-state index in [1.807, 2.05) is 12.1 Å². The predicted molar refractivity (Wildman–Crippen MR) is 94.7 cm³/mol. The number of fused-ring (bicyclic) bond motifs is 1. The van der Waals surface area contributed by atoms with Crippen molar-refractivity contribution in [1.29, 1.82) is 0 Å². The first kappa shape index (κ1) is 14.7. The van der Waals surface area contributed by atoms with Crippen molar-refractivity contribution < 1.29 is 9.47 Å². The van der Waals surface area contributed by atoms with Crippen molar-refractivity contribution >= 4 is 43.2 Å². The minimum Gasteiger partial charge on any atom is -0.494 e. The number of hydrogen-bond donors (Lipinski definition) is 1. The minimum atomic E-state index is 0.536. The number of rotatable bonds is 3. The Kier molecular flexibility index (Phi) is 3.80. The van der Waals surface area contributed by atoms with Gasteiger partial charge in [-0.25, -0.2) is 9.97 Å². The number of benzene rings is 1. The molecule has 1 aliphatic rings. The first-order valence-electron chi connectivity index (χ1n) is 7.28. The van der Waals surface area contributed by atoms with Gasteiger partial charge in [0.15, 0.2) is 10.3 Å². The summed E-state index contributed by atoms with van der Waals surface area (Å²) in [7, 11) is 1.64. The standard InChI is InChI=1S/C15H16N4O2S2/c1-20-11-3-2-9(13-12(11)18-14(16)23-13)10-8-22-15(17-10)19-4-6-21-7-5-19/h2-3,8H,4-7H2,1H3,(H2,16,18). The van der Waals surface area contributed by atoms with E-state index in [-0.39, 0.29) is 0 Å². The summed E-state index contributed by atoms with van der Waals surface area (Å²) in [5.41, 5.74) is 8.69. The molecule has 2 aromatic heterocycles. The van der Waals surface area contributed by atoms with Crippen LogP contribution in [-0.4, -0.2) is 43.4 Å². The Morgan fingerprint density at radius 1 is 1.26 bits per heavy atom. The molecule has 3 aromatic rings. The van der Waals surface area contributed by atoms with Gasteiger partial charge in [-0.1, -0.05) is 11.3 Å². The van der Waals surface area contributed by atoms with Crippen molar-refractivity contribution in [3.05, 3.63) is 17.5 Å². The van der Waals surface area contributed by atoms with Crippen molar-refractivity contribution in [1.82, 2.24) is 9.97 Å². The Balaban J connectivity index is 1.76. The first-order chi connectivity index (χ1) is 11.3. The zero-order valence-electron chi connectivity index (χ0n) is 12.6. The maximum Gasteiger partial charge on any atom is 0.186 e. The molecule has 1 fully saturated rings. The second-order valence-corrected chi connectivity index (χ2v) is 7.03. The second kappa shape index (κ2) is 5.95. The molecule has 0 spiro atoms. The fourth-order valence-corrected chi connectivity index (χ4v) is 4.41. The number of morpholine rings is 1. The quantitative estimate of drug-likeness (QED) is 0.784. The fraction of sp³-hybridized carbons (Fsp3) is 0.333. The molecule has 120 valence electrons. The molecule has 6 nitrogen and oxygen atoms in total. The summed E-state index contributed by atoms with van der Waals surface area (Å²) in [6.45, 7) is 3.29. The van der Waals surface area contributed by atoms with E-state index in [9.17, 15) is 0 Å². The topological polar surface area (TPSA) is 73.5 Å². The first-order valence-corrected chi connectivity index (χ1v) is 8.97. The highest BCUT2D eigenvalue weighted by Crippen LogP contribution is 2.39. The summed E-state index contributed by atoms with van der Waals surface area (Å²) < 4.78 is 11.8.